The Bertz CT molecular complexity index is 463. The van der Waals surface area contributed by atoms with Crippen molar-refractivity contribution in [3.8, 4) is 0 Å². The number of hydrogen-bond acceptors (Lipinski definition) is 3. The van der Waals surface area contributed by atoms with E-state index in [0.717, 1.165) is 31.6 Å². The molecular weight excluding hydrogens is 265 g/mol. The van der Waals surface area contributed by atoms with E-state index in [1.54, 1.807) is 6.07 Å². The molecule has 1 aromatic rings. The Labute approximate surface area is 128 Å². The highest BCUT2D eigenvalue weighted by molar-refractivity contribution is 5.50. The van der Waals surface area contributed by atoms with Crippen LogP contribution < -0.4 is 10.2 Å². The highest BCUT2D eigenvalue weighted by Crippen LogP contribution is 2.26. The van der Waals surface area contributed by atoms with Crippen molar-refractivity contribution < 1.29 is 4.39 Å². The van der Waals surface area contributed by atoms with Crippen LogP contribution in [0.3, 0.4) is 0 Å². The molecule has 0 amide bonds. The van der Waals surface area contributed by atoms with Crippen LogP contribution in [-0.4, -0.2) is 44.7 Å². The standard InChI is InChI=1S/C17H28FN3/c1-5-19-13(2)14-8-9-17(16(18)11-14)21(4)15-7-6-10-20(3)12-15/h8-9,11,13,15,19H,5-7,10,12H2,1-4H3. The minimum atomic E-state index is -0.118. The van der Waals surface area contributed by atoms with Crippen LogP contribution in [0.2, 0.25) is 0 Å². The van der Waals surface area contributed by atoms with Gasteiger partial charge in [0, 0.05) is 25.7 Å². The lowest BCUT2D eigenvalue weighted by Gasteiger charge is -2.37. The summed E-state index contributed by atoms with van der Waals surface area (Å²) in [6, 6.07) is 6.22. The van der Waals surface area contributed by atoms with Crippen LogP contribution in [-0.2, 0) is 0 Å². The van der Waals surface area contributed by atoms with Crippen molar-refractivity contribution in [1.82, 2.24) is 10.2 Å². The van der Waals surface area contributed by atoms with Crippen LogP contribution >= 0.6 is 0 Å². The maximum Gasteiger partial charge on any atom is 0.146 e. The number of halogens is 1. The molecular formula is C17H28FN3. The van der Waals surface area contributed by atoms with Gasteiger partial charge in [-0.25, -0.2) is 4.39 Å². The number of benzene rings is 1. The van der Waals surface area contributed by atoms with Crippen molar-refractivity contribution in [3.63, 3.8) is 0 Å². The summed E-state index contributed by atoms with van der Waals surface area (Å²) in [6.07, 6.45) is 2.32. The van der Waals surface area contributed by atoms with Crippen molar-refractivity contribution in [2.24, 2.45) is 0 Å². The van der Waals surface area contributed by atoms with E-state index in [1.807, 2.05) is 19.2 Å². The Balaban J connectivity index is 2.12. The van der Waals surface area contributed by atoms with Gasteiger partial charge in [0.25, 0.3) is 0 Å². The number of piperidine rings is 1. The van der Waals surface area contributed by atoms with Crippen molar-refractivity contribution in [1.29, 1.82) is 0 Å². The Morgan fingerprint density at radius 3 is 2.86 bits per heavy atom. The smallest absolute Gasteiger partial charge is 0.146 e. The van der Waals surface area contributed by atoms with Gasteiger partial charge < -0.3 is 15.1 Å². The van der Waals surface area contributed by atoms with Gasteiger partial charge in [-0.2, -0.15) is 0 Å². The molecule has 21 heavy (non-hydrogen) atoms. The molecule has 2 atom stereocenters. The summed E-state index contributed by atoms with van der Waals surface area (Å²) >= 11 is 0. The van der Waals surface area contributed by atoms with E-state index >= 15 is 0 Å². The molecule has 1 heterocycles. The minimum absolute atomic E-state index is 0.118. The molecule has 0 aromatic heterocycles. The second-order valence-electron chi connectivity index (χ2n) is 6.16. The number of nitrogens with one attached hydrogen (secondary N) is 1. The van der Waals surface area contributed by atoms with E-state index in [9.17, 15) is 4.39 Å². The molecule has 1 aliphatic rings. The van der Waals surface area contributed by atoms with Gasteiger partial charge >= 0.3 is 0 Å². The first kappa shape index (κ1) is 16.2. The third kappa shape index (κ3) is 3.95. The van der Waals surface area contributed by atoms with Gasteiger partial charge in [-0.05, 0) is 57.6 Å². The van der Waals surface area contributed by atoms with E-state index in [-0.39, 0.29) is 11.9 Å². The molecule has 1 aromatic carbocycles. The van der Waals surface area contributed by atoms with Crippen LogP contribution in [0.5, 0.6) is 0 Å². The summed E-state index contributed by atoms with van der Waals surface area (Å²) < 4.78 is 14.5. The molecule has 0 bridgehead atoms. The number of nitrogens with zero attached hydrogens (tertiary/aromatic N) is 2. The first-order chi connectivity index (χ1) is 10.0. The summed E-state index contributed by atoms with van der Waals surface area (Å²) in [4.78, 5) is 4.43. The number of likely N-dealkylation sites (tertiary alicyclic amines) is 1. The van der Waals surface area contributed by atoms with Crippen LogP contribution in [0, 0.1) is 5.82 Å². The third-order valence-electron chi connectivity index (χ3n) is 4.51. The van der Waals surface area contributed by atoms with Gasteiger partial charge in [0.05, 0.1) is 5.69 Å². The molecule has 0 spiro atoms. The predicted octanol–water partition coefficient (Wildman–Crippen LogP) is 3.03. The molecule has 2 rings (SSSR count). The van der Waals surface area contributed by atoms with Gasteiger partial charge in [0.1, 0.15) is 5.82 Å². The van der Waals surface area contributed by atoms with Crippen molar-refractivity contribution in [3.05, 3.63) is 29.6 Å². The first-order valence-electron chi connectivity index (χ1n) is 7.97. The molecule has 118 valence electrons. The largest absolute Gasteiger partial charge is 0.368 e. The van der Waals surface area contributed by atoms with E-state index in [2.05, 4.69) is 36.0 Å². The molecule has 1 aliphatic heterocycles. The van der Waals surface area contributed by atoms with Crippen molar-refractivity contribution in [2.45, 2.75) is 38.8 Å². The third-order valence-corrected chi connectivity index (χ3v) is 4.51. The molecule has 1 N–H and O–H groups in total. The average Bonchev–Trinajstić information content (AvgIpc) is 2.46. The topological polar surface area (TPSA) is 18.5 Å². The first-order valence-corrected chi connectivity index (χ1v) is 7.97. The van der Waals surface area contributed by atoms with Gasteiger partial charge in [-0.3, -0.25) is 0 Å². The average molecular weight is 293 g/mol. The molecule has 0 saturated carbocycles. The minimum Gasteiger partial charge on any atom is -0.368 e. The van der Waals surface area contributed by atoms with E-state index in [0.29, 0.717) is 11.7 Å². The maximum absolute atomic E-state index is 14.5. The lowest BCUT2D eigenvalue weighted by Crippen LogP contribution is -2.45. The zero-order chi connectivity index (χ0) is 15.4. The number of likely N-dealkylation sites (N-methyl/N-ethyl adjacent to an activating group) is 2. The molecule has 2 unspecified atom stereocenters. The van der Waals surface area contributed by atoms with E-state index in [4.69, 9.17) is 0 Å². The zero-order valence-corrected chi connectivity index (χ0v) is 13.7. The summed E-state index contributed by atoms with van der Waals surface area (Å²) in [7, 11) is 4.15. The van der Waals surface area contributed by atoms with Gasteiger partial charge in [0.2, 0.25) is 0 Å². The summed E-state index contributed by atoms with van der Waals surface area (Å²) in [6.45, 7) is 7.17. The molecule has 1 fully saturated rings. The second kappa shape index (κ2) is 7.23. The van der Waals surface area contributed by atoms with E-state index < -0.39 is 0 Å². The van der Waals surface area contributed by atoms with Gasteiger partial charge in [-0.15, -0.1) is 0 Å². The van der Waals surface area contributed by atoms with Crippen LogP contribution in [0.15, 0.2) is 18.2 Å². The van der Waals surface area contributed by atoms with Gasteiger partial charge in [0.15, 0.2) is 0 Å². The summed E-state index contributed by atoms with van der Waals surface area (Å²) in [5, 5.41) is 3.32. The quantitative estimate of drug-likeness (QED) is 0.900. The van der Waals surface area contributed by atoms with Crippen molar-refractivity contribution >= 4 is 5.69 Å². The van der Waals surface area contributed by atoms with Crippen molar-refractivity contribution in [2.75, 3.05) is 38.6 Å². The summed E-state index contributed by atoms with van der Waals surface area (Å²) in [5.41, 5.74) is 1.72. The zero-order valence-electron chi connectivity index (χ0n) is 13.7. The van der Waals surface area contributed by atoms with Crippen LogP contribution in [0.25, 0.3) is 0 Å². The van der Waals surface area contributed by atoms with Crippen LogP contribution in [0.4, 0.5) is 10.1 Å². The molecule has 1 saturated heterocycles. The lowest BCUT2D eigenvalue weighted by molar-refractivity contribution is 0.247. The number of hydrogen-bond donors (Lipinski definition) is 1. The highest BCUT2D eigenvalue weighted by atomic mass is 19.1. The normalized spacial score (nSPS) is 21.3. The molecule has 0 aliphatic carbocycles. The lowest BCUT2D eigenvalue weighted by atomic mass is 10.0. The number of anilines is 1. The Hall–Kier alpha value is -1.13. The second-order valence-corrected chi connectivity index (χ2v) is 6.16. The SMILES string of the molecule is CCNC(C)c1ccc(N(C)C2CCCN(C)C2)c(F)c1. The fraction of sp³-hybridized carbons (Fsp3) is 0.647. The molecule has 3 nitrogen and oxygen atoms in total. The monoisotopic (exact) mass is 293 g/mol. The fourth-order valence-electron chi connectivity index (χ4n) is 3.15. The maximum atomic E-state index is 14.5. The molecule has 4 heteroatoms. The Morgan fingerprint density at radius 1 is 1.48 bits per heavy atom. The predicted molar refractivity (Wildman–Crippen MR) is 87.4 cm³/mol. The highest BCUT2D eigenvalue weighted by Gasteiger charge is 2.23. The molecule has 0 radical (unpaired) electrons. The summed E-state index contributed by atoms with van der Waals surface area (Å²) in [5.74, 6) is -0.118. The Morgan fingerprint density at radius 2 is 2.24 bits per heavy atom. The van der Waals surface area contributed by atoms with E-state index in [1.165, 1.54) is 6.42 Å². The number of rotatable bonds is 5. The van der Waals surface area contributed by atoms with Crippen LogP contribution in [0.1, 0.15) is 38.3 Å². The Kier molecular flexibility index (Phi) is 5.59. The fourth-order valence-corrected chi connectivity index (χ4v) is 3.15. The van der Waals surface area contributed by atoms with Gasteiger partial charge in [-0.1, -0.05) is 13.0 Å².